The molecule has 4 aliphatic rings. The summed E-state index contributed by atoms with van der Waals surface area (Å²) in [5, 5.41) is 0.239. The first-order valence-corrected chi connectivity index (χ1v) is 9.96. The molecule has 0 spiro atoms. The fourth-order valence-corrected chi connectivity index (χ4v) is 5.12. The molecule has 4 nitrogen and oxygen atoms in total. The zero-order valence-corrected chi connectivity index (χ0v) is 17.3. The summed E-state index contributed by atoms with van der Waals surface area (Å²) in [4.78, 5) is 0. The second kappa shape index (κ2) is 4.87. The lowest BCUT2D eigenvalue weighted by atomic mass is 9.55. The Morgan fingerprint density at radius 1 is 0.480 bits per heavy atom. The molecular weight excluding hydrogens is 314 g/mol. The third-order valence-electron chi connectivity index (χ3n) is 8.45. The molecule has 2 aliphatic heterocycles. The van der Waals surface area contributed by atoms with Crippen molar-refractivity contribution in [1.82, 2.24) is 0 Å². The molecule has 0 atom stereocenters. The standard InChI is InChI=1S/C19H34B2O4/c1-14(2)15(3,4)23-20(22-14)18-9-11-19(13-18,12-10-18)21-24-16(5,6)17(7,8)25-21/h9-13H2,1-8H3. The van der Waals surface area contributed by atoms with Gasteiger partial charge in [0.05, 0.1) is 22.4 Å². The first-order valence-electron chi connectivity index (χ1n) is 9.96. The molecule has 0 unspecified atom stereocenters. The highest BCUT2D eigenvalue weighted by Crippen LogP contribution is 2.74. The van der Waals surface area contributed by atoms with Gasteiger partial charge in [-0.1, -0.05) is 0 Å². The number of rotatable bonds is 2. The van der Waals surface area contributed by atoms with Gasteiger partial charge < -0.3 is 18.6 Å². The molecule has 2 saturated carbocycles. The molecular formula is C19H34B2O4. The minimum Gasteiger partial charge on any atom is -0.403 e. The maximum absolute atomic E-state index is 6.45. The third kappa shape index (κ3) is 2.36. The maximum Gasteiger partial charge on any atom is 0.464 e. The van der Waals surface area contributed by atoms with Gasteiger partial charge in [-0.25, -0.2) is 0 Å². The Hall–Kier alpha value is -0.0301. The lowest BCUT2D eigenvalue weighted by Gasteiger charge is -2.32. The van der Waals surface area contributed by atoms with Crippen LogP contribution in [0.3, 0.4) is 0 Å². The second-order valence-electron chi connectivity index (χ2n) is 11.1. The smallest absolute Gasteiger partial charge is 0.403 e. The van der Waals surface area contributed by atoms with Gasteiger partial charge in [0, 0.05) is 10.6 Å². The van der Waals surface area contributed by atoms with Gasteiger partial charge in [-0.3, -0.25) is 0 Å². The van der Waals surface area contributed by atoms with Crippen molar-refractivity contribution >= 4 is 14.2 Å². The van der Waals surface area contributed by atoms with E-state index in [0.29, 0.717) is 0 Å². The summed E-state index contributed by atoms with van der Waals surface area (Å²) in [6.07, 6.45) is 5.68. The van der Waals surface area contributed by atoms with Crippen LogP contribution in [0.15, 0.2) is 0 Å². The summed E-state index contributed by atoms with van der Waals surface area (Å²) in [6, 6.07) is 0. The van der Waals surface area contributed by atoms with Crippen molar-refractivity contribution in [3.05, 3.63) is 0 Å². The van der Waals surface area contributed by atoms with Crippen LogP contribution in [0.5, 0.6) is 0 Å². The van der Waals surface area contributed by atoms with Crippen molar-refractivity contribution in [3.8, 4) is 0 Å². The van der Waals surface area contributed by atoms with Gasteiger partial charge in [-0.05, 0) is 87.5 Å². The Morgan fingerprint density at radius 3 is 0.960 bits per heavy atom. The van der Waals surface area contributed by atoms with E-state index in [4.69, 9.17) is 18.6 Å². The Balaban J connectivity index is 1.55. The normalized spacial score (nSPS) is 43.2. The quantitative estimate of drug-likeness (QED) is 0.682. The summed E-state index contributed by atoms with van der Waals surface area (Å²) in [7, 11) is -0.214. The minimum atomic E-state index is -0.259. The molecule has 2 bridgehead atoms. The lowest BCUT2D eigenvalue weighted by molar-refractivity contribution is 0.00578. The first kappa shape index (κ1) is 18.3. The van der Waals surface area contributed by atoms with Crippen LogP contribution in [0.4, 0.5) is 0 Å². The Morgan fingerprint density at radius 2 is 0.720 bits per heavy atom. The van der Waals surface area contributed by atoms with E-state index in [-0.39, 0.29) is 47.3 Å². The Bertz CT molecular complexity index is 494. The van der Waals surface area contributed by atoms with Crippen LogP contribution in [0.1, 0.15) is 87.5 Å². The topological polar surface area (TPSA) is 36.9 Å². The highest BCUT2D eigenvalue weighted by atomic mass is 16.7. The van der Waals surface area contributed by atoms with Crippen LogP contribution < -0.4 is 0 Å². The van der Waals surface area contributed by atoms with Crippen LogP contribution >= 0.6 is 0 Å². The summed E-state index contributed by atoms with van der Waals surface area (Å²) in [5.74, 6) is 0. The molecule has 0 aromatic heterocycles. The van der Waals surface area contributed by atoms with Gasteiger partial charge in [-0.2, -0.15) is 0 Å². The van der Waals surface area contributed by atoms with Crippen LogP contribution in [0.25, 0.3) is 0 Å². The molecule has 6 heteroatoms. The van der Waals surface area contributed by atoms with E-state index in [9.17, 15) is 0 Å². The van der Waals surface area contributed by atoms with Crippen LogP contribution in [-0.2, 0) is 18.6 Å². The molecule has 0 aromatic carbocycles. The fourth-order valence-electron chi connectivity index (χ4n) is 5.12. The Kier molecular flexibility index (Phi) is 3.57. The molecule has 0 radical (unpaired) electrons. The molecule has 25 heavy (non-hydrogen) atoms. The van der Waals surface area contributed by atoms with Gasteiger partial charge in [-0.15, -0.1) is 0 Å². The average molecular weight is 348 g/mol. The molecule has 2 saturated heterocycles. The van der Waals surface area contributed by atoms with E-state index in [2.05, 4.69) is 55.4 Å². The van der Waals surface area contributed by atoms with Crippen molar-refractivity contribution in [2.45, 2.75) is 121 Å². The summed E-state index contributed by atoms with van der Waals surface area (Å²) in [6.45, 7) is 17.2. The van der Waals surface area contributed by atoms with Gasteiger partial charge in [0.1, 0.15) is 0 Å². The predicted molar refractivity (Wildman–Crippen MR) is 101 cm³/mol. The van der Waals surface area contributed by atoms with Gasteiger partial charge >= 0.3 is 14.2 Å². The van der Waals surface area contributed by atoms with E-state index in [0.717, 1.165) is 32.1 Å². The van der Waals surface area contributed by atoms with Crippen molar-refractivity contribution in [1.29, 1.82) is 0 Å². The van der Waals surface area contributed by atoms with E-state index >= 15 is 0 Å². The molecule has 4 fully saturated rings. The second-order valence-corrected chi connectivity index (χ2v) is 11.1. The first-order chi connectivity index (χ1) is 11.2. The summed E-state index contributed by atoms with van der Waals surface area (Å²) in [5.41, 5.74) is -1.04. The Labute approximate surface area is 154 Å². The van der Waals surface area contributed by atoms with Crippen molar-refractivity contribution in [2.24, 2.45) is 0 Å². The molecule has 2 heterocycles. The van der Waals surface area contributed by atoms with Crippen LogP contribution in [-0.4, -0.2) is 36.6 Å². The SMILES string of the molecule is CC1(C)OB(C23CCC(B4OC(C)(C)C(C)(C)O4)(CC2)C3)OC1(C)C. The highest BCUT2D eigenvalue weighted by molar-refractivity contribution is 6.53. The van der Waals surface area contributed by atoms with Gasteiger partial charge in [0.2, 0.25) is 0 Å². The zero-order chi connectivity index (χ0) is 18.5. The minimum absolute atomic E-state index is 0.107. The predicted octanol–water partition coefficient (Wildman–Crippen LogP) is 4.63. The van der Waals surface area contributed by atoms with Crippen molar-refractivity contribution < 1.29 is 18.6 Å². The zero-order valence-electron chi connectivity index (χ0n) is 17.3. The lowest BCUT2D eigenvalue weighted by Crippen LogP contribution is -2.41. The van der Waals surface area contributed by atoms with E-state index in [1.165, 1.54) is 0 Å². The summed E-state index contributed by atoms with van der Waals surface area (Å²) >= 11 is 0. The van der Waals surface area contributed by atoms with E-state index in [1.54, 1.807) is 0 Å². The molecule has 0 amide bonds. The van der Waals surface area contributed by atoms with E-state index in [1.807, 2.05) is 0 Å². The largest absolute Gasteiger partial charge is 0.464 e. The van der Waals surface area contributed by atoms with Crippen molar-refractivity contribution in [3.63, 3.8) is 0 Å². The highest BCUT2D eigenvalue weighted by Gasteiger charge is 2.71. The molecule has 140 valence electrons. The average Bonchev–Trinajstić information content (AvgIpc) is 3.13. The molecule has 2 aliphatic carbocycles. The molecule has 4 rings (SSSR count). The fraction of sp³-hybridized carbons (Fsp3) is 1.00. The van der Waals surface area contributed by atoms with Gasteiger partial charge in [0.25, 0.3) is 0 Å². The maximum atomic E-state index is 6.45. The number of hydrogen-bond acceptors (Lipinski definition) is 4. The molecule has 0 aromatic rings. The van der Waals surface area contributed by atoms with Gasteiger partial charge in [0.15, 0.2) is 0 Å². The van der Waals surface area contributed by atoms with Crippen molar-refractivity contribution in [2.75, 3.05) is 0 Å². The number of fused-ring (bicyclic) bond motifs is 2. The van der Waals surface area contributed by atoms with Crippen LogP contribution in [0, 0.1) is 0 Å². The van der Waals surface area contributed by atoms with Crippen LogP contribution in [0.2, 0.25) is 10.6 Å². The summed E-state index contributed by atoms with van der Waals surface area (Å²) < 4.78 is 25.8. The molecule has 0 N–H and O–H groups in total. The number of hydrogen-bond donors (Lipinski definition) is 0. The monoisotopic (exact) mass is 348 g/mol. The third-order valence-corrected chi connectivity index (χ3v) is 8.45. The van der Waals surface area contributed by atoms with E-state index < -0.39 is 0 Å².